The highest BCUT2D eigenvalue weighted by molar-refractivity contribution is 6.00. The van der Waals surface area contributed by atoms with E-state index < -0.39 is 17.7 Å². The number of aliphatic hydroxyl groups excluding tert-OH is 1. The van der Waals surface area contributed by atoms with E-state index in [-0.39, 0.29) is 29.8 Å². The summed E-state index contributed by atoms with van der Waals surface area (Å²) in [5.41, 5.74) is 1.39. The number of rotatable bonds is 8. The van der Waals surface area contributed by atoms with Crippen molar-refractivity contribution in [1.29, 1.82) is 0 Å². The van der Waals surface area contributed by atoms with Gasteiger partial charge in [0.25, 0.3) is 0 Å². The van der Waals surface area contributed by atoms with Gasteiger partial charge in [0, 0.05) is 18.2 Å². The molecule has 11 heteroatoms. The van der Waals surface area contributed by atoms with Crippen molar-refractivity contribution in [3.8, 4) is 34.5 Å². The maximum Gasteiger partial charge on any atom is 0.326 e. The van der Waals surface area contributed by atoms with Crippen LogP contribution >= 0.6 is 0 Å². The number of benzene rings is 2. The quantitative estimate of drug-likeness (QED) is 0.365. The number of methoxy groups -OCH3 is 2. The second-order valence-corrected chi connectivity index (χ2v) is 7.12. The Bertz CT molecular complexity index is 1300. The van der Waals surface area contributed by atoms with Gasteiger partial charge in [-0.3, -0.25) is 5.10 Å². The number of fused-ring (bicyclic) bond motifs is 1. The maximum absolute atomic E-state index is 14.1. The lowest BCUT2D eigenvalue weighted by molar-refractivity contribution is 0.208. The standard InChI is InChI=1S/C22H21F2N5O4/c1-11(30)10-25-20-18-19(14-9-13(31-2)5-7-16(14)32-3)28-29-21(18)27-22(26-20)33-17-6-4-12(23)8-15(17)24/h4-9,11,30H,10H2,1-3H3,(H2,25,26,27,28,29). The van der Waals surface area contributed by atoms with Gasteiger partial charge in [-0.15, -0.1) is 0 Å². The van der Waals surface area contributed by atoms with Crippen LogP contribution in [0.2, 0.25) is 0 Å². The van der Waals surface area contributed by atoms with E-state index in [4.69, 9.17) is 14.2 Å². The first kappa shape index (κ1) is 22.2. The minimum atomic E-state index is -0.902. The van der Waals surface area contributed by atoms with E-state index in [1.165, 1.54) is 7.11 Å². The molecule has 4 aromatic rings. The molecule has 1 atom stereocenters. The number of ether oxygens (including phenoxy) is 3. The zero-order valence-electron chi connectivity index (χ0n) is 18.0. The van der Waals surface area contributed by atoms with Crippen LogP contribution < -0.4 is 19.5 Å². The fourth-order valence-corrected chi connectivity index (χ4v) is 3.18. The molecule has 0 radical (unpaired) electrons. The molecular formula is C22H21F2N5O4. The molecule has 172 valence electrons. The van der Waals surface area contributed by atoms with Gasteiger partial charge in [0.2, 0.25) is 0 Å². The van der Waals surface area contributed by atoms with E-state index in [0.717, 1.165) is 12.1 Å². The molecule has 0 fully saturated rings. The van der Waals surface area contributed by atoms with Crippen LogP contribution in [0.5, 0.6) is 23.3 Å². The summed E-state index contributed by atoms with van der Waals surface area (Å²) in [4.78, 5) is 8.60. The molecule has 0 saturated heterocycles. The Kier molecular flexibility index (Phi) is 6.22. The molecule has 3 N–H and O–H groups in total. The van der Waals surface area contributed by atoms with E-state index in [1.807, 2.05) is 0 Å². The van der Waals surface area contributed by atoms with Gasteiger partial charge < -0.3 is 24.6 Å². The second-order valence-electron chi connectivity index (χ2n) is 7.12. The molecule has 33 heavy (non-hydrogen) atoms. The van der Waals surface area contributed by atoms with Crippen LogP contribution in [-0.2, 0) is 0 Å². The summed E-state index contributed by atoms with van der Waals surface area (Å²) in [5, 5.41) is 20.5. The topological polar surface area (TPSA) is 114 Å². The predicted molar refractivity (Wildman–Crippen MR) is 117 cm³/mol. The van der Waals surface area contributed by atoms with E-state index >= 15 is 0 Å². The second kappa shape index (κ2) is 9.25. The summed E-state index contributed by atoms with van der Waals surface area (Å²) in [6.07, 6.45) is -0.685. The van der Waals surface area contributed by atoms with Crippen molar-refractivity contribution in [3.63, 3.8) is 0 Å². The zero-order valence-corrected chi connectivity index (χ0v) is 18.0. The Hall–Kier alpha value is -3.99. The van der Waals surface area contributed by atoms with E-state index in [9.17, 15) is 13.9 Å². The monoisotopic (exact) mass is 457 g/mol. The third kappa shape index (κ3) is 4.62. The zero-order chi connectivity index (χ0) is 23.5. The van der Waals surface area contributed by atoms with Gasteiger partial charge in [-0.25, -0.2) is 8.78 Å². The van der Waals surface area contributed by atoms with Crippen LogP contribution in [0.3, 0.4) is 0 Å². The first-order valence-corrected chi connectivity index (χ1v) is 9.93. The van der Waals surface area contributed by atoms with Gasteiger partial charge in [0.1, 0.15) is 23.1 Å². The molecule has 0 aliphatic rings. The van der Waals surface area contributed by atoms with Crippen molar-refractivity contribution in [1.82, 2.24) is 20.2 Å². The molecule has 0 bridgehead atoms. The minimum Gasteiger partial charge on any atom is -0.497 e. The number of hydrogen-bond acceptors (Lipinski definition) is 8. The lowest BCUT2D eigenvalue weighted by atomic mass is 10.1. The predicted octanol–water partition coefficient (Wildman–Crippen LogP) is 3.90. The number of aromatic nitrogens is 4. The summed E-state index contributed by atoms with van der Waals surface area (Å²) in [5.74, 6) is -0.452. The summed E-state index contributed by atoms with van der Waals surface area (Å²) in [7, 11) is 3.09. The van der Waals surface area contributed by atoms with Crippen LogP contribution in [0.4, 0.5) is 14.6 Å². The first-order valence-electron chi connectivity index (χ1n) is 9.93. The Labute approximate surface area is 187 Å². The average Bonchev–Trinajstić information content (AvgIpc) is 3.22. The van der Waals surface area contributed by atoms with Crippen LogP contribution in [0.15, 0.2) is 36.4 Å². The van der Waals surface area contributed by atoms with E-state index in [2.05, 4.69) is 25.5 Å². The Morgan fingerprint density at radius 2 is 1.85 bits per heavy atom. The molecule has 0 amide bonds. The number of halogens is 2. The summed E-state index contributed by atoms with van der Waals surface area (Å²) < 4.78 is 43.5. The molecule has 2 aromatic carbocycles. The van der Waals surface area contributed by atoms with Gasteiger partial charge in [-0.2, -0.15) is 15.1 Å². The normalized spacial score (nSPS) is 11.9. The molecule has 0 spiro atoms. The molecule has 0 aliphatic carbocycles. The Morgan fingerprint density at radius 1 is 1.06 bits per heavy atom. The fraction of sp³-hybridized carbons (Fsp3) is 0.227. The SMILES string of the molecule is COc1ccc(OC)c(-c2[nH]nc3nc(Oc4ccc(F)cc4F)nc(NCC(C)O)c23)c1. The van der Waals surface area contributed by atoms with Crippen LogP contribution in [0, 0.1) is 11.6 Å². The van der Waals surface area contributed by atoms with Crippen molar-refractivity contribution >= 4 is 16.9 Å². The first-order chi connectivity index (χ1) is 15.9. The van der Waals surface area contributed by atoms with Gasteiger partial charge in [-0.05, 0) is 37.3 Å². The highest BCUT2D eigenvalue weighted by Gasteiger charge is 2.21. The number of aliphatic hydroxyl groups is 1. The van der Waals surface area contributed by atoms with Gasteiger partial charge >= 0.3 is 6.01 Å². The van der Waals surface area contributed by atoms with Crippen molar-refractivity contribution in [2.24, 2.45) is 0 Å². The van der Waals surface area contributed by atoms with Crippen LogP contribution in [-0.4, -0.2) is 52.1 Å². The smallest absolute Gasteiger partial charge is 0.326 e. The number of anilines is 1. The number of hydrogen-bond donors (Lipinski definition) is 3. The number of H-pyrrole nitrogens is 1. The van der Waals surface area contributed by atoms with Crippen molar-refractivity contribution in [3.05, 3.63) is 48.0 Å². The molecule has 2 heterocycles. The average molecular weight is 457 g/mol. The summed E-state index contributed by atoms with van der Waals surface area (Å²) in [6, 6.07) is 7.96. The molecule has 4 rings (SSSR count). The highest BCUT2D eigenvalue weighted by atomic mass is 19.1. The summed E-state index contributed by atoms with van der Waals surface area (Å²) in [6.45, 7) is 1.77. The van der Waals surface area contributed by atoms with E-state index in [1.54, 1.807) is 32.2 Å². The van der Waals surface area contributed by atoms with Gasteiger partial charge in [-0.1, -0.05) is 0 Å². The molecule has 1 unspecified atom stereocenters. The molecule has 9 nitrogen and oxygen atoms in total. The van der Waals surface area contributed by atoms with Crippen LogP contribution in [0.25, 0.3) is 22.3 Å². The number of nitrogens with one attached hydrogen (secondary N) is 2. The third-order valence-electron chi connectivity index (χ3n) is 4.73. The molecule has 0 saturated carbocycles. The Morgan fingerprint density at radius 3 is 2.55 bits per heavy atom. The highest BCUT2D eigenvalue weighted by Crippen LogP contribution is 2.38. The van der Waals surface area contributed by atoms with Gasteiger partial charge in [0.05, 0.1) is 31.4 Å². The number of aromatic amines is 1. The lowest BCUT2D eigenvalue weighted by Gasteiger charge is -2.13. The van der Waals surface area contributed by atoms with E-state index in [0.29, 0.717) is 34.2 Å². The molecule has 2 aromatic heterocycles. The van der Waals surface area contributed by atoms with Crippen molar-refractivity contribution < 1.29 is 28.1 Å². The fourth-order valence-electron chi connectivity index (χ4n) is 3.18. The van der Waals surface area contributed by atoms with Crippen molar-refractivity contribution in [2.45, 2.75) is 13.0 Å². The molecule has 0 aliphatic heterocycles. The third-order valence-corrected chi connectivity index (χ3v) is 4.73. The number of nitrogens with zero attached hydrogens (tertiary/aromatic N) is 3. The lowest BCUT2D eigenvalue weighted by Crippen LogP contribution is -2.16. The maximum atomic E-state index is 14.1. The minimum absolute atomic E-state index is 0.163. The Balaban J connectivity index is 1.84. The van der Waals surface area contributed by atoms with Crippen LogP contribution in [0.1, 0.15) is 6.92 Å². The summed E-state index contributed by atoms with van der Waals surface area (Å²) >= 11 is 0. The van der Waals surface area contributed by atoms with Crippen molar-refractivity contribution in [2.75, 3.05) is 26.1 Å². The van der Waals surface area contributed by atoms with Gasteiger partial charge in [0.15, 0.2) is 17.2 Å². The molecular weight excluding hydrogens is 436 g/mol. The largest absolute Gasteiger partial charge is 0.497 e.